The Hall–Kier alpha value is -2.90. The molecule has 0 unspecified atom stereocenters. The summed E-state index contributed by atoms with van der Waals surface area (Å²) in [6.07, 6.45) is 7.42. The van der Waals surface area contributed by atoms with Gasteiger partial charge in [0.05, 0.1) is 22.6 Å². The van der Waals surface area contributed by atoms with Crippen LogP contribution in [0, 0.1) is 5.92 Å². The second-order valence-corrected chi connectivity index (χ2v) is 8.48. The number of pyridine rings is 3. The van der Waals surface area contributed by atoms with Crippen LogP contribution >= 0.6 is 11.6 Å². The highest BCUT2D eigenvalue weighted by Gasteiger charge is 2.32. The first-order valence-corrected chi connectivity index (χ1v) is 10.9. The van der Waals surface area contributed by atoms with Gasteiger partial charge in [-0.05, 0) is 55.6 Å². The Morgan fingerprint density at radius 1 is 1.13 bits per heavy atom. The second-order valence-electron chi connectivity index (χ2n) is 8.05. The van der Waals surface area contributed by atoms with Gasteiger partial charge in [-0.1, -0.05) is 11.6 Å². The molecule has 3 aromatic rings. The summed E-state index contributed by atoms with van der Waals surface area (Å²) < 4.78 is 7.26. The summed E-state index contributed by atoms with van der Waals surface area (Å²) in [6, 6.07) is 11.4. The lowest BCUT2D eigenvalue weighted by atomic mass is 9.93. The van der Waals surface area contributed by atoms with Gasteiger partial charge >= 0.3 is 0 Å². The number of rotatable bonds is 5. The fraction of sp³-hybridized carbons (Fsp3) is 0.348. The Balaban J connectivity index is 1.25. The lowest BCUT2D eigenvalue weighted by molar-refractivity contribution is 0.300. The molecule has 0 aromatic carbocycles. The van der Waals surface area contributed by atoms with Gasteiger partial charge in [0.25, 0.3) is 5.56 Å². The summed E-state index contributed by atoms with van der Waals surface area (Å²) in [5.41, 5.74) is 1.30. The van der Waals surface area contributed by atoms with Crippen molar-refractivity contribution in [3.63, 3.8) is 0 Å². The van der Waals surface area contributed by atoms with Gasteiger partial charge in [-0.2, -0.15) is 0 Å². The van der Waals surface area contributed by atoms with E-state index in [9.17, 15) is 4.79 Å². The molecule has 2 aliphatic rings. The molecule has 0 spiro atoms. The zero-order valence-electron chi connectivity index (χ0n) is 17.1. The Bertz CT molecular complexity index is 1100. The molecular formula is C23H24ClN5O2. The molecule has 2 fully saturated rings. The van der Waals surface area contributed by atoms with E-state index in [1.54, 1.807) is 41.4 Å². The number of aromatic nitrogens is 3. The van der Waals surface area contributed by atoms with Gasteiger partial charge in [0.15, 0.2) is 0 Å². The standard InChI is InChI=1S/C23H24ClN5O2/c24-17-1-2-18(26-12-17)15-31-20-6-10-29(23(30)11-20)19-3-4-22(27-13-19)28-9-7-21-16(14-28)5-8-25-21/h1-4,6,10-13,16,21,25H,5,7-9,14-15H2/t16-,21+/m1/s1. The Kier molecular flexibility index (Phi) is 5.61. The molecule has 7 nitrogen and oxygen atoms in total. The lowest BCUT2D eigenvalue weighted by Crippen LogP contribution is -2.44. The van der Waals surface area contributed by atoms with Crippen LogP contribution in [0.2, 0.25) is 5.02 Å². The van der Waals surface area contributed by atoms with Crippen LogP contribution in [0.3, 0.4) is 0 Å². The number of nitrogens with zero attached hydrogens (tertiary/aromatic N) is 4. The zero-order chi connectivity index (χ0) is 21.2. The molecule has 5 heterocycles. The molecule has 160 valence electrons. The van der Waals surface area contributed by atoms with Crippen molar-refractivity contribution in [2.45, 2.75) is 25.5 Å². The Morgan fingerprint density at radius 3 is 2.84 bits per heavy atom. The van der Waals surface area contributed by atoms with Crippen LogP contribution in [-0.2, 0) is 6.61 Å². The van der Waals surface area contributed by atoms with Gasteiger partial charge in [0.2, 0.25) is 0 Å². The van der Waals surface area contributed by atoms with Crippen LogP contribution in [0.15, 0.2) is 59.8 Å². The van der Waals surface area contributed by atoms with E-state index in [1.165, 1.54) is 12.5 Å². The maximum atomic E-state index is 12.6. The predicted octanol–water partition coefficient (Wildman–Crippen LogP) is 3.05. The quantitative estimate of drug-likeness (QED) is 0.661. The molecule has 2 atom stereocenters. The molecule has 8 heteroatoms. The van der Waals surface area contributed by atoms with E-state index in [0.29, 0.717) is 22.7 Å². The third-order valence-corrected chi connectivity index (χ3v) is 6.28. The smallest absolute Gasteiger partial charge is 0.258 e. The molecule has 1 N–H and O–H groups in total. The molecule has 0 aliphatic carbocycles. The number of piperidine rings is 1. The molecular weight excluding hydrogens is 414 g/mol. The molecule has 2 aliphatic heterocycles. The van der Waals surface area contributed by atoms with Crippen LogP contribution < -0.4 is 20.5 Å². The largest absolute Gasteiger partial charge is 0.487 e. The summed E-state index contributed by atoms with van der Waals surface area (Å²) in [7, 11) is 0. The van der Waals surface area contributed by atoms with E-state index in [4.69, 9.17) is 16.3 Å². The highest BCUT2D eigenvalue weighted by Crippen LogP contribution is 2.27. The first-order valence-electron chi connectivity index (χ1n) is 10.6. The van der Waals surface area contributed by atoms with Crippen molar-refractivity contribution in [3.05, 3.63) is 76.1 Å². The lowest BCUT2D eigenvalue weighted by Gasteiger charge is -2.35. The number of halogens is 1. The number of fused-ring (bicyclic) bond motifs is 1. The van der Waals surface area contributed by atoms with Gasteiger partial charge < -0.3 is 15.0 Å². The second kappa shape index (κ2) is 8.69. The predicted molar refractivity (Wildman–Crippen MR) is 120 cm³/mol. The van der Waals surface area contributed by atoms with Crippen molar-refractivity contribution in [3.8, 4) is 11.4 Å². The van der Waals surface area contributed by atoms with Crippen LogP contribution in [0.5, 0.6) is 5.75 Å². The normalized spacial score (nSPS) is 20.5. The number of ether oxygens (including phenoxy) is 1. The van der Waals surface area contributed by atoms with Crippen LogP contribution in [0.4, 0.5) is 5.82 Å². The monoisotopic (exact) mass is 437 g/mol. The zero-order valence-corrected chi connectivity index (χ0v) is 17.8. The average Bonchev–Trinajstić information content (AvgIpc) is 3.27. The van der Waals surface area contributed by atoms with Gasteiger partial charge in [-0.15, -0.1) is 0 Å². The molecule has 0 bridgehead atoms. The number of nitrogens with one attached hydrogen (secondary N) is 1. The van der Waals surface area contributed by atoms with Crippen molar-refractivity contribution in [1.82, 2.24) is 19.9 Å². The van der Waals surface area contributed by atoms with E-state index >= 15 is 0 Å². The van der Waals surface area contributed by atoms with E-state index in [0.717, 1.165) is 43.3 Å². The molecule has 0 amide bonds. The summed E-state index contributed by atoms with van der Waals surface area (Å²) >= 11 is 5.84. The number of hydrogen-bond donors (Lipinski definition) is 1. The molecule has 31 heavy (non-hydrogen) atoms. The minimum Gasteiger partial charge on any atom is -0.487 e. The molecule has 0 radical (unpaired) electrons. The minimum absolute atomic E-state index is 0.172. The molecule has 0 saturated carbocycles. The van der Waals surface area contributed by atoms with Crippen LogP contribution in [0.25, 0.3) is 5.69 Å². The summed E-state index contributed by atoms with van der Waals surface area (Å²) in [4.78, 5) is 23.8. The first-order chi connectivity index (χ1) is 15.2. The highest BCUT2D eigenvalue weighted by molar-refractivity contribution is 6.30. The third-order valence-electron chi connectivity index (χ3n) is 6.06. The van der Waals surface area contributed by atoms with Crippen molar-refractivity contribution in [2.75, 3.05) is 24.5 Å². The van der Waals surface area contributed by atoms with Crippen LogP contribution in [0.1, 0.15) is 18.5 Å². The number of hydrogen-bond acceptors (Lipinski definition) is 6. The fourth-order valence-electron chi connectivity index (χ4n) is 4.38. The van der Waals surface area contributed by atoms with E-state index in [1.807, 2.05) is 12.1 Å². The number of anilines is 1. The Morgan fingerprint density at radius 2 is 2.06 bits per heavy atom. The van der Waals surface area contributed by atoms with E-state index in [-0.39, 0.29) is 12.2 Å². The van der Waals surface area contributed by atoms with Crippen molar-refractivity contribution in [2.24, 2.45) is 5.92 Å². The summed E-state index contributed by atoms with van der Waals surface area (Å²) in [6.45, 7) is 3.44. The topological polar surface area (TPSA) is 72.3 Å². The molecule has 5 rings (SSSR count). The van der Waals surface area contributed by atoms with Crippen molar-refractivity contribution < 1.29 is 4.74 Å². The summed E-state index contributed by atoms with van der Waals surface area (Å²) in [5.74, 6) is 2.17. The van der Waals surface area contributed by atoms with E-state index in [2.05, 4.69) is 20.2 Å². The highest BCUT2D eigenvalue weighted by atomic mass is 35.5. The maximum Gasteiger partial charge on any atom is 0.258 e. The van der Waals surface area contributed by atoms with Crippen molar-refractivity contribution >= 4 is 17.4 Å². The third kappa shape index (κ3) is 4.43. The average molecular weight is 438 g/mol. The first kappa shape index (κ1) is 20.0. The Labute approximate surface area is 185 Å². The fourth-order valence-corrected chi connectivity index (χ4v) is 4.49. The van der Waals surface area contributed by atoms with Gasteiger partial charge in [0.1, 0.15) is 18.2 Å². The summed E-state index contributed by atoms with van der Waals surface area (Å²) in [5, 5.41) is 4.16. The SMILES string of the molecule is O=c1cc(OCc2ccc(Cl)cn2)ccn1-c1ccc(N2CC[C@@H]3NCC[C@@H]3C2)nc1. The van der Waals surface area contributed by atoms with Gasteiger partial charge in [0, 0.05) is 37.6 Å². The van der Waals surface area contributed by atoms with Gasteiger partial charge in [-0.25, -0.2) is 4.98 Å². The minimum atomic E-state index is -0.172. The van der Waals surface area contributed by atoms with Crippen LogP contribution in [-0.4, -0.2) is 40.2 Å². The van der Waals surface area contributed by atoms with E-state index < -0.39 is 0 Å². The maximum absolute atomic E-state index is 12.6. The van der Waals surface area contributed by atoms with Crippen molar-refractivity contribution in [1.29, 1.82) is 0 Å². The molecule has 3 aromatic heterocycles. The molecule has 2 saturated heterocycles. The van der Waals surface area contributed by atoms with Gasteiger partial charge in [-0.3, -0.25) is 14.3 Å².